The molecule has 6 rings (SSSR count). The number of pyridine rings is 1. The molecule has 13 heteroatoms. The van der Waals surface area contributed by atoms with Crippen LogP contribution in [0, 0.1) is 23.1 Å². The van der Waals surface area contributed by atoms with Crippen LogP contribution < -0.4 is 10.6 Å². The minimum Gasteiger partial charge on any atom is -0.388 e. The normalized spacial score (nSPS) is 20.4. The van der Waals surface area contributed by atoms with Crippen LogP contribution in [0.15, 0.2) is 55.4 Å². The molecule has 1 aromatic carbocycles. The number of hydrogen-bond acceptors (Lipinski definition) is 9. The Morgan fingerprint density at radius 2 is 1.95 bits per heavy atom. The maximum absolute atomic E-state index is 13.9. The van der Waals surface area contributed by atoms with Gasteiger partial charge in [-0.3, -0.25) is 10.4 Å². The largest absolute Gasteiger partial charge is 0.411 e. The van der Waals surface area contributed by atoms with E-state index >= 15 is 0 Å². The number of rotatable bonds is 7. The number of nitrogens with zero attached hydrogens (tertiary/aromatic N) is 6. The molecule has 44 heavy (non-hydrogen) atoms. The van der Waals surface area contributed by atoms with Gasteiger partial charge in [0.25, 0.3) is 5.90 Å². The van der Waals surface area contributed by atoms with Crippen molar-refractivity contribution in [3.8, 4) is 11.3 Å². The summed E-state index contributed by atoms with van der Waals surface area (Å²) in [5, 5.41) is 8.71. The molecule has 0 radical (unpaired) electrons. The van der Waals surface area contributed by atoms with Gasteiger partial charge >= 0.3 is 6.09 Å². The number of carbonyl (C=O) groups is 1. The summed E-state index contributed by atoms with van der Waals surface area (Å²) in [6.45, 7) is 6.03. The molecule has 1 atom stereocenters. The zero-order valence-corrected chi connectivity index (χ0v) is 24.7. The summed E-state index contributed by atoms with van der Waals surface area (Å²) in [5.74, 6) is 0.420. The van der Waals surface area contributed by atoms with E-state index in [1.54, 1.807) is 24.4 Å². The van der Waals surface area contributed by atoms with Gasteiger partial charge in [0.05, 0.1) is 24.3 Å². The highest BCUT2D eigenvalue weighted by Gasteiger charge is 2.32. The lowest BCUT2D eigenvalue weighted by Crippen LogP contribution is -2.41. The highest BCUT2D eigenvalue weighted by atomic mass is 35.5. The standard InChI is InChI=1S/C31H32ClFN8O3/c1-2-18-3-5-19(6-4-18)16-41-26-25(21-13-22(32)15-36-14-21)37-29(27(34)44-30(35)42)38-28(26)39-31(41)40-11-12-43-17-24(40)20-7-9-23(33)10-8-20/h2,7-10,13-15,18-19,24,34H,1,3-6,11-12,16-17H2,(H2,35,42)/t18?,19?,24-/m0/s1. The summed E-state index contributed by atoms with van der Waals surface area (Å²) in [6.07, 6.45) is 8.18. The average Bonchev–Trinajstić information content (AvgIpc) is 3.39. The van der Waals surface area contributed by atoms with Crippen molar-refractivity contribution in [3.05, 3.63) is 77.6 Å². The van der Waals surface area contributed by atoms with E-state index in [2.05, 4.69) is 31.0 Å². The van der Waals surface area contributed by atoms with Crippen LogP contribution >= 0.6 is 11.6 Å². The Hall–Kier alpha value is -4.42. The van der Waals surface area contributed by atoms with E-state index in [4.69, 9.17) is 37.2 Å². The summed E-state index contributed by atoms with van der Waals surface area (Å²) >= 11 is 6.35. The molecule has 2 fully saturated rings. The van der Waals surface area contributed by atoms with Crippen molar-refractivity contribution < 1.29 is 18.7 Å². The third kappa shape index (κ3) is 6.13. The van der Waals surface area contributed by atoms with Gasteiger partial charge in [-0.2, -0.15) is 4.98 Å². The van der Waals surface area contributed by atoms with Crippen molar-refractivity contribution in [3.63, 3.8) is 0 Å². The zero-order chi connectivity index (χ0) is 30.8. The number of ether oxygens (including phenoxy) is 2. The highest BCUT2D eigenvalue weighted by Crippen LogP contribution is 2.38. The van der Waals surface area contributed by atoms with Crippen molar-refractivity contribution >= 4 is 40.7 Å². The van der Waals surface area contributed by atoms with Gasteiger partial charge in [-0.05, 0) is 61.3 Å². The molecule has 4 heterocycles. The number of imidazole rings is 1. The summed E-state index contributed by atoms with van der Waals surface area (Å²) in [6, 6.07) is 7.88. The molecule has 2 aliphatic rings. The molecule has 0 spiro atoms. The molecular formula is C31H32ClFN8O3. The highest BCUT2D eigenvalue weighted by molar-refractivity contribution is 6.30. The third-order valence-electron chi connectivity index (χ3n) is 8.27. The molecule has 228 valence electrons. The Labute approximate surface area is 258 Å². The second-order valence-electron chi connectivity index (χ2n) is 11.1. The van der Waals surface area contributed by atoms with Gasteiger partial charge in [0.15, 0.2) is 5.65 Å². The van der Waals surface area contributed by atoms with Gasteiger partial charge in [-0.15, -0.1) is 6.58 Å². The second-order valence-corrected chi connectivity index (χ2v) is 11.5. The van der Waals surface area contributed by atoms with Crippen molar-refractivity contribution in [2.75, 3.05) is 24.7 Å². The van der Waals surface area contributed by atoms with Crippen molar-refractivity contribution in [1.82, 2.24) is 24.5 Å². The van der Waals surface area contributed by atoms with Crippen LogP contribution in [0.2, 0.25) is 5.02 Å². The van der Waals surface area contributed by atoms with Crippen molar-refractivity contribution in [1.29, 1.82) is 5.41 Å². The number of primary amides is 1. The van der Waals surface area contributed by atoms with E-state index in [0.717, 1.165) is 31.2 Å². The lowest BCUT2D eigenvalue weighted by atomic mass is 9.82. The number of amides is 1. The van der Waals surface area contributed by atoms with Crippen molar-refractivity contribution in [2.45, 2.75) is 38.3 Å². The Kier molecular flexibility index (Phi) is 8.53. The first kappa shape index (κ1) is 29.6. The number of aromatic nitrogens is 5. The first-order valence-corrected chi connectivity index (χ1v) is 14.9. The first-order chi connectivity index (χ1) is 21.3. The first-order valence-electron chi connectivity index (χ1n) is 14.5. The number of nitrogens with one attached hydrogen (secondary N) is 1. The van der Waals surface area contributed by atoms with Crippen LogP contribution in [-0.4, -0.2) is 56.3 Å². The molecule has 3 aromatic heterocycles. The van der Waals surface area contributed by atoms with Crippen LogP contribution in [0.3, 0.4) is 0 Å². The molecule has 1 amide bonds. The van der Waals surface area contributed by atoms with Crippen LogP contribution in [0.5, 0.6) is 0 Å². The van der Waals surface area contributed by atoms with E-state index in [-0.39, 0.29) is 17.7 Å². The summed E-state index contributed by atoms with van der Waals surface area (Å²) in [4.78, 5) is 32.1. The number of carbonyl (C=O) groups excluding carboxylic acids is 1. The van der Waals surface area contributed by atoms with Crippen LogP contribution in [-0.2, 0) is 16.0 Å². The Balaban J connectivity index is 1.55. The molecule has 1 saturated carbocycles. The molecule has 1 aliphatic heterocycles. The maximum Gasteiger partial charge on any atom is 0.411 e. The molecule has 1 saturated heterocycles. The van der Waals surface area contributed by atoms with Gasteiger partial charge < -0.3 is 24.7 Å². The fourth-order valence-corrected chi connectivity index (χ4v) is 6.25. The zero-order valence-electron chi connectivity index (χ0n) is 24.0. The van der Waals surface area contributed by atoms with E-state index in [0.29, 0.717) is 71.5 Å². The number of anilines is 1. The number of fused-ring (bicyclic) bond motifs is 1. The number of halogens is 2. The number of allylic oxidation sites excluding steroid dienone is 1. The molecule has 1 aliphatic carbocycles. The van der Waals surface area contributed by atoms with E-state index in [1.165, 1.54) is 18.3 Å². The predicted octanol–water partition coefficient (Wildman–Crippen LogP) is 5.67. The van der Waals surface area contributed by atoms with Gasteiger partial charge in [0.1, 0.15) is 17.0 Å². The average molecular weight is 619 g/mol. The van der Waals surface area contributed by atoms with E-state index < -0.39 is 12.0 Å². The fraction of sp³-hybridized carbons (Fsp3) is 0.355. The van der Waals surface area contributed by atoms with Crippen LogP contribution in [0.25, 0.3) is 22.4 Å². The van der Waals surface area contributed by atoms with Crippen molar-refractivity contribution in [2.24, 2.45) is 17.6 Å². The monoisotopic (exact) mass is 618 g/mol. The lowest BCUT2D eigenvalue weighted by Gasteiger charge is -2.37. The molecule has 0 unspecified atom stereocenters. The second kappa shape index (κ2) is 12.7. The summed E-state index contributed by atoms with van der Waals surface area (Å²) in [5.41, 5.74) is 8.03. The minimum absolute atomic E-state index is 0.161. The number of morpholine rings is 1. The van der Waals surface area contributed by atoms with Crippen LogP contribution in [0.1, 0.15) is 43.1 Å². The Morgan fingerprint density at radius 1 is 1.18 bits per heavy atom. The Morgan fingerprint density at radius 3 is 2.66 bits per heavy atom. The molecule has 3 N–H and O–H groups in total. The predicted molar refractivity (Wildman–Crippen MR) is 164 cm³/mol. The smallest absolute Gasteiger partial charge is 0.388 e. The summed E-state index contributed by atoms with van der Waals surface area (Å²) < 4.78 is 26.7. The topological polar surface area (TPSA) is 145 Å². The number of hydrogen-bond donors (Lipinski definition) is 2. The molecular weight excluding hydrogens is 587 g/mol. The van der Waals surface area contributed by atoms with Gasteiger partial charge in [0, 0.05) is 31.0 Å². The molecule has 11 nitrogen and oxygen atoms in total. The Bertz CT molecular complexity index is 1700. The number of benzene rings is 1. The fourth-order valence-electron chi connectivity index (χ4n) is 6.08. The number of nitrogens with two attached hydrogens (primary N) is 1. The van der Waals surface area contributed by atoms with Gasteiger partial charge in [-0.25, -0.2) is 19.2 Å². The van der Waals surface area contributed by atoms with Gasteiger partial charge in [0.2, 0.25) is 11.8 Å². The third-order valence-corrected chi connectivity index (χ3v) is 8.48. The SMILES string of the molecule is C=CC1CCC(Cn2c(N3CCOC[C@H]3c3ccc(F)cc3)nc3nc(C(=N)OC(N)=O)nc(-c4cncc(Cl)c4)c32)CC1. The van der Waals surface area contributed by atoms with E-state index in [9.17, 15) is 9.18 Å². The summed E-state index contributed by atoms with van der Waals surface area (Å²) in [7, 11) is 0. The maximum atomic E-state index is 13.9. The molecule has 4 aromatic rings. The lowest BCUT2D eigenvalue weighted by molar-refractivity contribution is 0.0927. The van der Waals surface area contributed by atoms with Crippen LogP contribution in [0.4, 0.5) is 15.1 Å². The minimum atomic E-state index is -1.15. The molecule has 0 bridgehead atoms. The van der Waals surface area contributed by atoms with Gasteiger partial charge in [-0.1, -0.05) is 29.8 Å². The quantitative estimate of drug-likeness (QED) is 0.153. The van der Waals surface area contributed by atoms with E-state index in [1.807, 2.05) is 6.08 Å².